The molecule has 1 aromatic carbocycles. The number of amides is 1. The van der Waals surface area contributed by atoms with E-state index in [2.05, 4.69) is 5.32 Å². The van der Waals surface area contributed by atoms with Crippen LogP contribution in [0.3, 0.4) is 0 Å². The molecule has 0 spiro atoms. The number of nitrogens with one attached hydrogen (secondary N) is 1. The first-order valence-corrected chi connectivity index (χ1v) is 11.2. The van der Waals surface area contributed by atoms with Crippen LogP contribution in [0.4, 0.5) is 5.69 Å². The number of rotatable bonds is 8. The Kier molecular flexibility index (Phi) is 6.48. The van der Waals surface area contributed by atoms with Crippen molar-refractivity contribution in [1.29, 1.82) is 0 Å². The first kappa shape index (κ1) is 21.6. The number of carbonyl (C=O) groups excluding carboxylic acids is 2. The summed E-state index contributed by atoms with van der Waals surface area (Å²) in [7, 11) is 0.603. The van der Waals surface area contributed by atoms with E-state index in [1.165, 1.54) is 58.7 Å². The molecule has 0 radical (unpaired) electrons. The molecule has 1 amide bonds. The maximum atomic E-state index is 12.3. The van der Waals surface area contributed by atoms with Gasteiger partial charge in [0.2, 0.25) is 10.0 Å². The monoisotopic (exact) mass is 424 g/mol. The van der Waals surface area contributed by atoms with E-state index in [1.54, 1.807) is 0 Å². The highest BCUT2D eigenvalue weighted by molar-refractivity contribution is 7.89. The maximum Gasteiger partial charge on any atom is 0.306 e. The zero-order chi connectivity index (χ0) is 21.2. The van der Waals surface area contributed by atoms with Crippen molar-refractivity contribution in [3.63, 3.8) is 0 Å². The summed E-state index contributed by atoms with van der Waals surface area (Å²) in [6, 6.07) is 4.19. The molecule has 2 bridgehead atoms. The smallest absolute Gasteiger partial charge is 0.306 e. The molecule has 3 rings (SSSR count). The van der Waals surface area contributed by atoms with Crippen LogP contribution in [-0.2, 0) is 24.3 Å². The van der Waals surface area contributed by atoms with Crippen molar-refractivity contribution in [2.75, 3.05) is 33.1 Å². The minimum absolute atomic E-state index is 0.0203. The van der Waals surface area contributed by atoms with Gasteiger partial charge in [-0.2, -0.15) is 0 Å². The van der Waals surface area contributed by atoms with Crippen molar-refractivity contribution in [1.82, 2.24) is 4.31 Å². The molecular formula is C20H28N2O6S. The molecule has 2 aliphatic rings. The van der Waals surface area contributed by atoms with Crippen LogP contribution in [0.25, 0.3) is 0 Å². The predicted molar refractivity (Wildman–Crippen MR) is 107 cm³/mol. The first-order chi connectivity index (χ1) is 13.7. The average molecular weight is 425 g/mol. The second-order valence-corrected chi connectivity index (χ2v) is 10.1. The highest BCUT2D eigenvalue weighted by atomic mass is 32.2. The van der Waals surface area contributed by atoms with Gasteiger partial charge in [0, 0.05) is 20.5 Å². The van der Waals surface area contributed by atoms with Gasteiger partial charge in [0.1, 0.15) is 5.75 Å². The average Bonchev–Trinajstić information content (AvgIpc) is 3.29. The number of esters is 1. The SMILES string of the molecule is COc1ccc(S(=O)(=O)N(C)C)cc1NC(=O)COC(=O)C[C@H]1C[C@@H]2CC[C@@H]1C2. The van der Waals surface area contributed by atoms with Crippen molar-refractivity contribution in [2.24, 2.45) is 17.8 Å². The second-order valence-electron chi connectivity index (χ2n) is 8.00. The molecule has 2 saturated carbocycles. The van der Waals surface area contributed by atoms with E-state index >= 15 is 0 Å². The molecule has 0 aromatic heterocycles. The van der Waals surface area contributed by atoms with Crippen LogP contribution < -0.4 is 10.1 Å². The molecular weight excluding hydrogens is 396 g/mol. The Labute approximate surface area is 171 Å². The third-order valence-corrected chi connectivity index (χ3v) is 7.71. The lowest BCUT2D eigenvalue weighted by molar-refractivity contribution is -0.148. The molecule has 9 heteroatoms. The summed E-state index contributed by atoms with van der Waals surface area (Å²) >= 11 is 0. The second kappa shape index (κ2) is 8.71. The van der Waals surface area contributed by atoms with Gasteiger partial charge in [-0.15, -0.1) is 0 Å². The molecule has 8 nitrogen and oxygen atoms in total. The van der Waals surface area contributed by atoms with Crippen molar-refractivity contribution >= 4 is 27.6 Å². The van der Waals surface area contributed by atoms with Gasteiger partial charge in [-0.25, -0.2) is 12.7 Å². The molecule has 1 aromatic rings. The molecule has 0 heterocycles. The number of anilines is 1. The minimum Gasteiger partial charge on any atom is -0.495 e. The molecule has 2 aliphatic carbocycles. The van der Waals surface area contributed by atoms with E-state index in [1.807, 2.05) is 0 Å². The number of hydrogen-bond donors (Lipinski definition) is 1. The maximum absolute atomic E-state index is 12.3. The number of fused-ring (bicyclic) bond motifs is 2. The summed E-state index contributed by atoms with van der Waals surface area (Å²) < 4.78 is 36.0. The van der Waals surface area contributed by atoms with Crippen LogP contribution >= 0.6 is 0 Å². The zero-order valence-electron chi connectivity index (χ0n) is 17.0. The Morgan fingerprint density at radius 1 is 1.21 bits per heavy atom. The van der Waals surface area contributed by atoms with E-state index in [9.17, 15) is 18.0 Å². The van der Waals surface area contributed by atoms with Crippen LogP contribution in [0.1, 0.15) is 32.1 Å². The molecule has 0 aliphatic heterocycles. The number of hydrogen-bond acceptors (Lipinski definition) is 6. The van der Waals surface area contributed by atoms with Crippen LogP contribution in [-0.4, -0.2) is 52.4 Å². The van der Waals surface area contributed by atoms with Gasteiger partial charge < -0.3 is 14.8 Å². The van der Waals surface area contributed by atoms with E-state index in [0.29, 0.717) is 24.0 Å². The Balaban J connectivity index is 1.57. The van der Waals surface area contributed by atoms with Gasteiger partial charge in [0.05, 0.1) is 17.7 Å². The number of sulfonamides is 1. The van der Waals surface area contributed by atoms with Crippen LogP contribution in [0.5, 0.6) is 5.75 Å². The van der Waals surface area contributed by atoms with Gasteiger partial charge >= 0.3 is 5.97 Å². The van der Waals surface area contributed by atoms with Gasteiger partial charge in [-0.3, -0.25) is 9.59 Å². The highest BCUT2D eigenvalue weighted by Crippen LogP contribution is 2.49. The van der Waals surface area contributed by atoms with Crippen LogP contribution in [0.15, 0.2) is 23.1 Å². The largest absolute Gasteiger partial charge is 0.495 e. The summed E-state index contributed by atoms with van der Waals surface area (Å²) in [5, 5.41) is 2.56. The number of ether oxygens (including phenoxy) is 2. The molecule has 2 fully saturated rings. The fraction of sp³-hybridized carbons (Fsp3) is 0.600. The Hall–Kier alpha value is -2.13. The van der Waals surface area contributed by atoms with Crippen molar-refractivity contribution in [2.45, 2.75) is 37.0 Å². The molecule has 29 heavy (non-hydrogen) atoms. The zero-order valence-corrected chi connectivity index (χ0v) is 17.8. The Bertz CT molecular complexity index is 883. The number of benzene rings is 1. The van der Waals surface area contributed by atoms with E-state index < -0.39 is 22.5 Å². The summed E-state index contributed by atoms with van der Waals surface area (Å²) in [5.74, 6) is 1.13. The van der Waals surface area contributed by atoms with E-state index in [-0.39, 0.29) is 16.6 Å². The normalized spacial score (nSPS) is 23.2. The van der Waals surface area contributed by atoms with E-state index in [4.69, 9.17) is 9.47 Å². The third-order valence-electron chi connectivity index (χ3n) is 5.90. The topological polar surface area (TPSA) is 102 Å². The molecule has 3 atom stereocenters. The summed E-state index contributed by atoms with van der Waals surface area (Å²) in [6.45, 7) is -0.423. The minimum atomic E-state index is -3.66. The quantitative estimate of drug-likeness (QED) is 0.642. The summed E-state index contributed by atoms with van der Waals surface area (Å²) in [4.78, 5) is 24.4. The molecule has 0 saturated heterocycles. The van der Waals surface area contributed by atoms with Gasteiger partial charge in [0.25, 0.3) is 5.91 Å². The lowest BCUT2D eigenvalue weighted by atomic mass is 9.86. The lowest BCUT2D eigenvalue weighted by Gasteiger charge is -2.20. The van der Waals surface area contributed by atoms with Crippen molar-refractivity contribution in [3.8, 4) is 5.75 Å². The van der Waals surface area contributed by atoms with Gasteiger partial charge in [0.15, 0.2) is 6.61 Å². The van der Waals surface area contributed by atoms with E-state index in [0.717, 1.165) is 16.6 Å². The fourth-order valence-corrected chi connectivity index (χ4v) is 5.32. The summed E-state index contributed by atoms with van der Waals surface area (Å²) in [5.41, 5.74) is 0.199. The van der Waals surface area contributed by atoms with Crippen molar-refractivity contribution < 1.29 is 27.5 Å². The molecule has 1 N–H and O–H groups in total. The fourth-order valence-electron chi connectivity index (χ4n) is 4.39. The first-order valence-electron chi connectivity index (χ1n) is 9.76. The van der Waals surface area contributed by atoms with Gasteiger partial charge in [-0.1, -0.05) is 6.42 Å². The third kappa shape index (κ3) is 4.90. The van der Waals surface area contributed by atoms with Gasteiger partial charge in [-0.05, 0) is 55.2 Å². The Morgan fingerprint density at radius 3 is 2.55 bits per heavy atom. The number of nitrogens with zero attached hydrogens (tertiary/aromatic N) is 1. The number of carbonyl (C=O) groups is 2. The van der Waals surface area contributed by atoms with Crippen molar-refractivity contribution in [3.05, 3.63) is 18.2 Å². The Morgan fingerprint density at radius 2 is 1.97 bits per heavy atom. The molecule has 160 valence electrons. The van der Waals surface area contributed by atoms with Crippen LogP contribution in [0.2, 0.25) is 0 Å². The molecule has 0 unspecified atom stereocenters. The predicted octanol–water partition coefficient (Wildman–Crippen LogP) is 2.25. The number of methoxy groups -OCH3 is 1. The highest BCUT2D eigenvalue weighted by Gasteiger charge is 2.40. The van der Waals surface area contributed by atoms with Crippen LogP contribution in [0, 0.1) is 17.8 Å². The lowest BCUT2D eigenvalue weighted by Crippen LogP contribution is -2.24. The standard InChI is InChI=1S/C20H28N2O6S/c1-22(2)29(25,26)16-6-7-18(27-3)17(11-16)21-19(23)12-28-20(24)10-15-9-13-4-5-14(15)8-13/h6-7,11,13-15H,4-5,8-10,12H2,1-3H3,(H,21,23)/t13-,14-,15-/m1/s1. The summed E-state index contributed by atoms with van der Waals surface area (Å²) in [6.07, 6.45) is 5.10.